The maximum Gasteiger partial charge on any atom is 0.393 e. The van der Waals surface area contributed by atoms with Crippen molar-refractivity contribution < 1.29 is 18.0 Å². The van der Waals surface area contributed by atoms with Gasteiger partial charge in [0.15, 0.2) is 0 Å². The van der Waals surface area contributed by atoms with E-state index in [1.54, 1.807) is 0 Å². The molecule has 0 saturated carbocycles. The predicted octanol–water partition coefficient (Wildman–Crippen LogP) is 3.55. The Hall–Kier alpha value is -1.72. The number of halogens is 3. The van der Waals surface area contributed by atoms with Crippen LogP contribution in [0.25, 0.3) is 0 Å². The lowest BCUT2D eigenvalue weighted by Crippen LogP contribution is -2.48. The molecule has 0 radical (unpaired) electrons. The molecule has 0 spiro atoms. The van der Waals surface area contributed by atoms with Gasteiger partial charge in [0.25, 0.3) is 0 Å². The fourth-order valence-electron chi connectivity index (χ4n) is 3.70. The maximum atomic E-state index is 12.9. The van der Waals surface area contributed by atoms with Gasteiger partial charge in [0.1, 0.15) is 0 Å². The molecule has 0 aromatic heterocycles. The third-order valence-corrected chi connectivity index (χ3v) is 5.01. The molecule has 1 saturated heterocycles. The average molecular weight is 340 g/mol. The number of hydrogen-bond donors (Lipinski definition) is 0. The number of rotatable bonds is 2. The molecule has 6 heteroatoms. The van der Waals surface area contributed by atoms with E-state index in [1.807, 2.05) is 24.0 Å². The third-order valence-electron chi connectivity index (χ3n) is 5.01. The second-order valence-corrected chi connectivity index (χ2v) is 6.88. The number of carbonyl (C=O) groups excluding carboxylic acids is 1. The lowest BCUT2D eigenvalue weighted by atomic mass is 9.97. The van der Waals surface area contributed by atoms with Gasteiger partial charge in [-0.25, -0.2) is 0 Å². The summed E-state index contributed by atoms with van der Waals surface area (Å²) in [6.07, 6.45) is -1.71. The summed E-state index contributed by atoms with van der Waals surface area (Å²) in [5.41, 5.74) is 3.46. The Morgan fingerprint density at radius 3 is 2.79 bits per heavy atom. The van der Waals surface area contributed by atoms with Crippen molar-refractivity contribution in [2.75, 3.05) is 31.1 Å². The van der Waals surface area contributed by atoms with E-state index in [9.17, 15) is 18.0 Å². The first kappa shape index (κ1) is 17.1. The Morgan fingerprint density at radius 1 is 1.25 bits per heavy atom. The number of carbonyl (C=O) groups is 1. The highest BCUT2D eigenvalue weighted by Crippen LogP contribution is 2.33. The molecule has 1 fully saturated rings. The van der Waals surface area contributed by atoms with E-state index in [1.165, 1.54) is 16.0 Å². The average Bonchev–Trinajstić information content (AvgIpc) is 2.54. The van der Waals surface area contributed by atoms with Crippen LogP contribution in [0, 0.1) is 12.8 Å². The number of fused-ring (bicyclic) bond motifs is 1. The van der Waals surface area contributed by atoms with Gasteiger partial charge in [-0.15, -0.1) is 0 Å². The van der Waals surface area contributed by atoms with Gasteiger partial charge in [-0.1, -0.05) is 17.7 Å². The topological polar surface area (TPSA) is 23.6 Å². The van der Waals surface area contributed by atoms with Crippen molar-refractivity contribution in [3.8, 4) is 0 Å². The standard InChI is InChI=1S/C18H23F3N2O/c1-13-6-7-16-14(10-13)4-2-8-22(16)12-17(24)23-9-3-5-15(11-23)18(19,20)21/h6-7,10,15H,2-5,8-9,11-12H2,1H3. The van der Waals surface area contributed by atoms with Crippen molar-refractivity contribution in [2.45, 2.75) is 38.8 Å². The minimum absolute atomic E-state index is 0.124. The van der Waals surface area contributed by atoms with Gasteiger partial charge in [0, 0.05) is 25.3 Å². The van der Waals surface area contributed by atoms with Gasteiger partial charge in [0.2, 0.25) is 5.91 Å². The van der Waals surface area contributed by atoms with Crippen LogP contribution in [0.2, 0.25) is 0 Å². The molecule has 24 heavy (non-hydrogen) atoms. The number of aryl methyl sites for hydroxylation is 2. The SMILES string of the molecule is Cc1ccc2c(c1)CCCN2CC(=O)N1CCCC(C(F)(F)F)C1. The Labute approximate surface area is 140 Å². The lowest BCUT2D eigenvalue weighted by Gasteiger charge is -2.37. The normalized spacial score (nSPS) is 21.6. The number of benzene rings is 1. The molecule has 1 unspecified atom stereocenters. The quantitative estimate of drug-likeness (QED) is 0.822. The Bertz CT molecular complexity index is 615. The van der Waals surface area contributed by atoms with Crippen LogP contribution < -0.4 is 4.90 Å². The molecular formula is C18H23F3N2O. The largest absolute Gasteiger partial charge is 0.393 e. The summed E-state index contributed by atoms with van der Waals surface area (Å²) in [6.45, 7) is 3.21. The van der Waals surface area contributed by atoms with E-state index in [0.29, 0.717) is 13.0 Å². The highest BCUT2D eigenvalue weighted by molar-refractivity contribution is 5.82. The summed E-state index contributed by atoms with van der Waals surface area (Å²) in [5, 5.41) is 0. The molecule has 3 rings (SSSR count). The van der Waals surface area contributed by atoms with Crippen LogP contribution in [-0.4, -0.2) is 43.2 Å². The van der Waals surface area contributed by atoms with E-state index in [4.69, 9.17) is 0 Å². The Kier molecular flexibility index (Phi) is 4.74. The fraction of sp³-hybridized carbons (Fsp3) is 0.611. The van der Waals surface area contributed by atoms with Crippen LogP contribution in [0.1, 0.15) is 30.4 Å². The molecule has 1 aromatic carbocycles. The summed E-state index contributed by atoms with van der Waals surface area (Å²) in [6, 6.07) is 6.17. The highest BCUT2D eigenvalue weighted by atomic mass is 19.4. The first-order valence-electron chi connectivity index (χ1n) is 8.53. The summed E-state index contributed by atoms with van der Waals surface area (Å²) >= 11 is 0. The van der Waals surface area contributed by atoms with Gasteiger partial charge in [-0.05, 0) is 44.2 Å². The summed E-state index contributed by atoms with van der Waals surface area (Å²) < 4.78 is 38.8. The van der Waals surface area contributed by atoms with Crippen molar-refractivity contribution in [3.05, 3.63) is 29.3 Å². The Morgan fingerprint density at radius 2 is 2.04 bits per heavy atom. The fourth-order valence-corrected chi connectivity index (χ4v) is 3.70. The number of amides is 1. The zero-order valence-corrected chi connectivity index (χ0v) is 13.9. The van der Waals surface area contributed by atoms with Gasteiger partial charge >= 0.3 is 6.18 Å². The van der Waals surface area contributed by atoms with Gasteiger partial charge in [-0.2, -0.15) is 13.2 Å². The van der Waals surface area contributed by atoms with Gasteiger partial charge < -0.3 is 9.80 Å². The van der Waals surface area contributed by atoms with Crippen molar-refractivity contribution in [1.82, 2.24) is 4.90 Å². The van der Waals surface area contributed by atoms with Crippen LogP contribution in [0.3, 0.4) is 0 Å². The van der Waals surface area contributed by atoms with Crippen LogP contribution in [0.4, 0.5) is 18.9 Å². The predicted molar refractivity (Wildman–Crippen MR) is 87.1 cm³/mol. The van der Waals surface area contributed by atoms with Crippen LogP contribution in [0.15, 0.2) is 18.2 Å². The van der Waals surface area contributed by atoms with E-state index in [2.05, 4.69) is 6.07 Å². The number of anilines is 1. The lowest BCUT2D eigenvalue weighted by molar-refractivity contribution is -0.187. The molecular weight excluding hydrogens is 317 g/mol. The molecule has 2 aliphatic rings. The minimum atomic E-state index is -4.21. The Balaban J connectivity index is 1.68. The van der Waals surface area contributed by atoms with Crippen LogP contribution >= 0.6 is 0 Å². The molecule has 1 amide bonds. The number of hydrogen-bond acceptors (Lipinski definition) is 2. The summed E-state index contributed by atoms with van der Waals surface area (Å²) in [4.78, 5) is 15.9. The van der Waals surface area contributed by atoms with E-state index >= 15 is 0 Å². The molecule has 1 atom stereocenters. The van der Waals surface area contributed by atoms with Crippen LogP contribution in [0.5, 0.6) is 0 Å². The second kappa shape index (κ2) is 6.65. The van der Waals surface area contributed by atoms with E-state index in [0.717, 1.165) is 25.1 Å². The van der Waals surface area contributed by atoms with Crippen molar-refractivity contribution in [1.29, 1.82) is 0 Å². The smallest absolute Gasteiger partial charge is 0.362 e. The second-order valence-electron chi connectivity index (χ2n) is 6.88. The van der Waals surface area contributed by atoms with Crippen molar-refractivity contribution in [3.63, 3.8) is 0 Å². The minimum Gasteiger partial charge on any atom is -0.362 e. The van der Waals surface area contributed by atoms with Gasteiger partial charge in [0.05, 0.1) is 12.5 Å². The number of likely N-dealkylation sites (tertiary alicyclic amines) is 1. The molecule has 2 aliphatic heterocycles. The highest BCUT2D eigenvalue weighted by Gasteiger charge is 2.42. The van der Waals surface area contributed by atoms with Crippen molar-refractivity contribution in [2.24, 2.45) is 5.92 Å². The zero-order valence-electron chi connectivity index (χ0n) is 13.9. The molecule has 0 bridgehead atoms. The number of piperidine rings is 1. The number of alkyl halides is 3. The number of nitrogens with zero attached hydrogens (tertiary/aromatic N) is 2. The zero-order chi connectivity index (χ0) is 17.3. The summed E-state index contributed by atoms with van der Waals surface area (Å²) in [7, 11) is 0. The monoisotopic (exact) mass is 340 g/mol. The molecule has 0 aliphatic carbocycles. The molecule has 2 heterocycles. The maximum absolute atomic E-state index is 12.9. The third kappa shape index (κ3) is 3.68. The van der Waals surface area contributed by atoms with Crippen molar-refractivity contribution >= 4 is 11.6 Å². The first-order valence-corrected chi connectivity index (χ1v) is 8.53. The first-order chi connectivity index (χ1) is 11.3. The van der Waals surface area contributed by atoms with E-state index < -0.39 is 12.1 Å². The molecule has 132 valence electrons. The molecule has 1 aromatic rings. The van der Waals surface area contributed by atoms with Crippen LogP contribution in [-0.2, 0) is 11.2 Å². The summed E-state index contributed by atoms with van der Waals surface area (Å²) in [5.74, 6) is -1.58. The van der Waals surface area contributed by atoms with Gasteiger partial charge in [-0.3, -0.25) is 4.79 Å². The molecule has 3 nitrogen and oxygen atoms in total. The van der Waals surface area contributed by atoms with E-state index in [-0.39, 0.29) is 25.4 Å². The molecule has 0 N–H and O–H groups in total.